The van der Waals surface area contributed by atoms with Crippen molar-refractivity contribution in [2.24, 2.45) is 0 Å². The Morgan fingerprint density at radius 1 is 0.925 bits per heavy atom. The first-order valence-electron chi connectivity index (χ1n) is 13.6. The van der Waals surface area contributed by atoms with Crippen LogP contribution in [-0.2, 0) is 4.74 Å². The summed E-state index contributed by atoms with van der Waals surface area (Å²) in [7, 11) is 0. The van der Waals surface area contributed by atoms with Crippen molar-refractivity contribution in [2.75, 3.05) is 67.4 Å². The number of hydrogen-bond acceptors (Lipinski definition) is 8. The minimum atomic E-state index is -0.0291. The highest BCUT2D eigenvalue weighted by molar-refractivity contribution is 5.97. The molecular weight excluding hydrogens is 509 g/mol. The average Bonchev–Trinajstić information content (AvgIpc) is 3.01. The Balaban J connectivity index is 1.28. The van der Waals surface area contributed by atoms with E-state index in [9.17, 15) is 4.79 Å². The molecule has 0 atom stereocenters. The highest BCUT2D eigenvalue weighted by atomic mass is 19.2. The number of halogens is 1. The molecular formula is C30H32FN7O2. The van der Waals surface area contributed by atoms with Crippen LogP contribution in [0.2, 0.25) is 0 Å². The second kappa shape index (κ2) is 11.1. The van der Waals surface area contributed by atoms with E-state index in [1.807, 2.05) is 61.2 Å². The maximum atomic E-state index is 16.4. The lowest BCUT2D eigenvalue weighted by atomic mass is 10.1. The zero-order valence-corrected chi connectivity index (χ0v) is 22.8. The summed E-state index contributed by atoms with van der Waals surface area (Å²) in [4.78, 5) is 32.7. The number of aromatic nitrogens is 3. The summed E-state index contributed by atoms with van der Waals surface area (Å²) >= 11 is 0. The van der Waals surface area contributed by atoms with E-state index in [0.29, 0.717) is 61.8 Å². The number of carbonyl (C=O) groups excluding carboxylic acids is 1. The smallest absolute Gasteiger partial charge is 0.255 e. The maximum absolute atomic E-state index is 16.4. The number of fused-ring (bicyclic) bond motifs is 1. The molecule has 2 aliphatic heterocycles. The number of pyridine rings is 3. The highest BCUT2D eigenvalue weighted by Crippen LogP contribution is 2.40. The molecule has 206 valence electrons. The van der Waals surface area contributed by atoms with Gasteiger partial charge in [0.15, 0.2) is 0 Å². The van der Waals surface area contributed by atoms with Gasteiger partial charge in [0.05, 0.1) is 53.7 Å². The molecule has 2 aliphatic rings. The molecule has 0 spiro atoms. The molecule has 2 fully saturated rings. The Morgan fingerprint density at radius 3 is 2.45 bits per heavy atom. The lowest BCUT2D eigenvalue weighted by molar-refractivity contribution is 0.0746. The number of morpholine rings is 1. The molecule has 3 aromatic heterocycles. The van der Waals surface area contributed by atoms with E-state index in [0.717, 1.165) is 46.4 Å². The van der Waals surface area contributed by atoms with Gasteiger partial charge in [-0.2, -0.15) is 5.12 Å². The molecule has 4 aromatic rings. The Morgan fingerprint density at radius 2 is 1.70 bits per heavy atom. The third kappa shape index (κ3) is 5.02. The zero-order valence-electron chi connectivity index (χ0n) is 22.8. The van der Waals surface area contributed by atoms with Crippen LogP contribution in [0.3, 0.4) is 0 Å². The summed E-state index contributed by atoms with van der Waals surface area (Å²) in [6.07, 6.45) is 4.94. The first-order chi connectivity index (χ1) is 19.5. The number of carbonyl (C=O) groups is 1. The van der Waals surface area contributed by atoms with E-state index in [-0.39, 0.29) is 5.91 Å². The molecule has 0 N–H and O–H groups in total. The monoisotopic (exact) mass is 541 g/mol. The van der Waals surface area contributed by atoms with E-state index in [2.05, 4.69) is 19.8 Å². The quantitative estimate of drug-likeness (QED) is 0.343. The number of para-hydroxylation sites is 1. The summed E-state index contributed by atoms with van der Waals surface area (Å²) in [6.45, 7) is 8.85. The van der Waals surface area contributed by atoms with E-state index < -0.39 is 0 Å². The van der Waals surface area contributed by atoms with Crippen molar-refractivity contribution < 1.29 is 14.0 Å². The Kier molecular flexibility index (Phi) is 7.17. The topological polar surface area (TPSA) is 77.9 Å². The Labute approximate surface area is 232 Å². The van der Waals surface area contributed by atoms with Crippen molar-refractivity contribution in [3.05, 3.63) is 77.9 Å². The first-order valence-corrected chi connectivity index (χ1v) is 13.6. The summed E-state index contributed by atoms with van der Waals surface area (Å²) < 4.78 is 21.8. The van der Waals surface area contributed by atoms with Crippen LogP contribution < -0.4 is 14.9 Å². The van der Waals surface area contributed by atoms with Gasteiger partial charge in [0.25, 0.3) is 5.91 Å². The molecule has 9 nitrogen and oxygen atoms in total. The molecule has 1 amide bonds. The molecule has 6 rings (SSSR count). The van der Waals surface area contributed by atoms with Gasteiger partial charge in [0, 0.05) is 62.1 Å². The minimum absolute atomic E-state index is 0.0291. The fraction of sp³-hybridized carbons (Fsp3) is 0.333. The van der Waals surface area contributed by atoms with Gasteiger partial charge in [-0.25, -0.2) is 4.98 Å². The lowest BCUT2D eigenvalue weighted by Crippen LogP contribution is -2.49. The second-order valence-corrected chi connectivity index (χ2v) is 10.2. The number of aryl methyl sites for hydroxylation is 1. The predicted molar refractivity (Wildman–Crippen MR) is 154 cm³/mol. The molecule has 0 radical (unpaired) electrons. The molecule has 0 aliphatic carbocycles. The van der Waals surface area contributed by atoms with Gasteiger partial charge in [-0.3, -0.25) is 14.8 Å². The van der Waals surface area contributed by atoms with Gasteiger partial charge in [-0.15, -0.1) is 0 Å². The highest BCUT2D eigenvalue weighted by Gasteiger charge is 2.27. The second-order valence-electron chi connectivity index (χ2n) is 10.2. The van der Waals surface area contributed by atoms with Crippen LogP contribution in [0, 0.1) is 13.8 Å². The number of rotatable bonds is 5. The van der Waals surface area contributed by atoms with Gasteiger partial charge in [0.2, 0.25) is 0 Å². The van der Waals surface area contributed by atoms with Crippen molar-refractivity contribution in [1.29, 1.82) is 0 Å². The third-order valence-corrected chi connectivity index (χ3v) is 7.61. The fourth-order valence-corrected chi connectivity index (χ4v) is 5.38. The first kappa shape index (κ1) is 25.9. The number of anilines is 4. The van der Waals surface area contributed by atoms with Crippen LogP contribution in [0.5, 0.6) is 0 Å². The van der Waals surface area contributed by atoms with Crippen molar-refractivity contribution in [3.8, 4) is 0 Å². The largest absolute Gasteiger partial charge is 0.378 e. The van der Waals surface area contributed by atoms with Gasteiger partial charge in [-0.05, 0) is 38.1 Å². The number of hydrogen-bond donors (Lipinski definition) is 0. The van der Waals surface area contributed by atoms with Crippen LogP contribution in [0.1, 0.15) is 21.6 Å². The van der Waals surface area contributed by atoms with E-state index in [1.165, 1.54) is 0 Å². The Hall–Kier alpha value is -4.31. The number of piperazine rings is 1. The summed E-state index contributed by atoms with van der Waals surface area (Å²) in [5, 5.41) is 1.45. The summed E-state index contributed by atoms with van der Waals surface area (Å²) in [5.74, 6) is 0.691. The fourth-order valence-electron chi connectivity index (χ4n) is 5.38. The standard InChI is InChI=1S/C30H32FN7O2/c1-21-7-8-23(18-33-21)30(39)37-11-9-36(10-12-37)29-22(2)28(26-5-3-4-6-27(26)34-29)38(31)25-17-24(19-32-20-25)35-13-15-40-16-14-35/h3-8,17-20H,9-16H2,1-2H3. The van der Waals surface area contributed by atoms with Crippen LogP contribution in [-0.4, -0.2) is 78.2 Å². The SMILES string of the molecule is Cc1ccc(C(=O)N2CCN(c3nc4ccccc4c(N(F)c4cncc(N5CCOCC5)c4)c3C)CC2)cn1. The van der Waals surface area contributed by atoms with Crippen LogP contribution in [0.25, 0.3) is 10.9 Å². The van der Waals surface area contributed by atoms with Crippen LogP contribution in [0.15, 0.2) is 61.1 Å². The third-order valence-electron chi connectivity index (χ3n) is 7.61. The average molecular weight is 542 g/mol. The summed E-state index contributed by atoms with van der Waals surface area (Å²) in [6, 6.07) is 13.1. The van der Waals surface area contributed by atoms with Crippen molar-refractivity contribution >= 4 is 39.7 Å². The van der Waals surface area contributed by atoms with Gasteiger partial charge >= 0.3 is 0 Å². The molecule has 2 saturated heterocycles. The molecule has 1 aromatic carbocycles. The van der Waals surface area contributed by atoms with Gasteiger partial charge < -0.3 is 19.4 Å². The molecule has 40 heavy (non-hydrogen) atoms. The maximum Gasteiger partial charge on any atom is 0.255 e. The summed E-state index contributed by atoms with van der Waals surface area (Å²) in [5.41, 5.74) is 4.58. The minimum Gasteiger partial charge on any atom is -0.378 e. The van der Waals surface area contributed by atoms with Crippen LogP contribution in [0.4, 0.5) is 27.4 Å². The van der Waals surface area contributed by atoms with Gasteiger partial charge in [-0.1, -0.05) is 22.7 Å². The Bertz CT molecular complexity index is 1520. The number of nitrogens with zero attached hydrogens (tertiary/aromatic N) is 7. The number of amides is 1. The lowest BCUT2D eigenvalue weighted by Gasteiger charge is -2.36. The predicted octanol–water partition coefficient (Wildman–Crippen LogP) is 4.46. The van der Waals surface area contributed by atoms with Crippen molar-refractivity contribution in [2.45, 2.75) is 13.8 Å². The zero-order chi connectivity index (χ0) is 27.6. The molecule has 0 bridgehead atoms. The van der Waals surface area contributed by atoms with Crippen molar-refractivity contribution in [3.63, 3.8) is 0 Å². The molecule has 0 unspecified atom stereocenters. The van der Waals surface area contributed by atoms with E-state index in [1.54, 1.807) is 18.6 Å². The van der Waals surface area contributed by atoms with E-state index in [4.69, 9.17) is 9.72 Å². The molecule has 5 heterocycles. The number of ether oxygens (including phenoxy) is 1. The normalized spacial score (nSPS) is 15.9. The number of benzene rings is 1. The van der Waals surface area contributed by atoms with Crippen LogP contribution >= 0.6 is 0 Å². The van der Waals surface area contributed by atoms with E-state index >= 15 is 4.48 Å². The van der Waals surface area contributed by atoms with Gasteiger partial charge in [0.1, 0.15) is 5.82 Å². The molecule has 0 saturated carbocycles. The van der Waals surface area contributed by atoms with Crippen molar-refractivity contribution in [1.82, 2.24) is 19.9 Å². The molecule has 10 heteroatoms.